The third-order valence-corrected chi connectivity index (χ3v) is 3.12. The largest absolute Gasteiger partial charge is 0.496 e. The third-order valence-electron chi connectivity index (χ3n) is 2.95. The number of aromatic nitrogens is 2. The van der Waals surface area contributed by atoms with Gasteiger partial charge in [-0.25, -0.2) is 9.97 Å². The summed E-state index contributed by atoms with van der Waals surface area (Å²) in [5.41, 5.74) is 2.14. The molecule has 4 nitrogen and oxygen atoms in total. The maximum absolute atomic E-state index is 9.41. The Morgan fingerprint density at radius 2 is 1.95 bits per heavy atom. The van der Waals surface area contributed by atoms with Crippen molar-refractivity contribution in [3.05, 3.63) is 28.7 Å². The standard InChI is InChI=1S/C14H17ClN2O2/c1-14(2,3)12-9-5-8(7-18)11(19-4)6-10(9)16-13(15)17-12/h5-6,18H,7H2,1-4H3. The van der Waals surface area contributed by atoms with Crippen molar-refractivity contribution in [1.29, 1.82) is 0 Å². The lowest BCUT2D eigenvalue weighted by atomic mass is 9.88. The second-order valence-corrected chi connectivity index (χ2v) is 5.77. The van der Waals surface area contributed by atoms with Gasteiger partial charge in [-0.1, -0.05) is 20.8 Å². The number of ether oxygens (including phenoxy) is 1. The van der Waals surface area contributed by atoms with Crippen molar-refractivity contribution < 1.29 is 9.84 Å². The molecule has 0 spiro atoms. The highest BCUT2D eigenvalue weighted by atomic mass is 35.5. The predicted octanol–water partition coefficient (Wildman–Crippen LogP) is 3.08. The van der Waals surface area contributed by atoms with Gasteiger partial charge >= 0.3 is 0 Å². The summed E-state index contributed by atoms with van der Waals surface area (Å²) < 4.78 is 5.25. The molecule has 0 saturated heterocycles. The lowest BCUT2D eigenvalue weighted by molar-refractivity contribution is 0.274. The van der Waals surface area contributed by atoms with Gasteiger partial charge in [-0.3, -0.25) is 0 Å². The molecule has 0 aliphatic heterocycles. The number of hydrogen-bond donors (Lipinski definition) is 1. The van der Waals surface area contributed by atoms with E-state index in [1.807, 2.05) is 6.07 Å². The van der Waals surface area contributed by atoms with E-state index in [0.717, 1.165) is 16.6 Å². The number of aliphatic hydroxyl groups excluding tert-OH is 1. The van der Waals surface area contributed by atoms with Crippen LogP contribution < -0.4 is 4.74 Å². The van der Waals surface area contributed by atoms with Crippen molar-refractivity contribution in [2.24, 2.45) is 0 Å². The Bertz CT molecular complexity index is 621. The van der Waals surface area contributed by atoms with E-state index in [0.29, 0.717) is 11.3 Å². The first kappa shape index (κ1) is 14.0. The highest BCUT2D eigenvalue weighted by Crippen LogP contribution is 2.32. The van der Waals surface area contributed by atoms with Crippen molar-refractivity contribution in [3.63, 3.8) is 0 Å². The van der Waals surface area contributed by atoms with E-state index in [2.05, 4.69) is 30.7 Å². The summed E-state index contributed by atoms with van der Waals surface area (Å²) in [6, 6.07) is 3.65. The predicted molar refractivity (Wildman–Crippen MR) is 75.7 cm³/mol. The zero-order valence-electron chi connectivity index (χ0n) is 11.5. The molecule has 19 heavy (non-hydrogen) atoms. The van der Waals surface area contributed by atoms with Gasteiger partial charge in [0.05, 0.1) is 24.9 Å². The molecule has 5 heteroatoms. The fourth-order valence-corrected chi connectivity index (χ4v) is 2.23. The van der Waals surface area contributed by atoms with Gasteiger partial charge in [-0.05, 0) is 17.7 Å². The monoisotopic (exact) mass is 280 g/mol. The van der Waals surface area contributed by atoms with Crippen molar-refractivity contribution >= 4 is 22.5 Å². The summed E-state index contributed by atoms with van der Waals surface area (Å²) in [4.78, 5) is 8.56. The molecule has 0 fully saturated rings. The molecule has 1 N–H and O–H groups in total. The smallest absolute Gasteiger partial charge is 0.223 e. The summed E-state index contributed by atoms with van der Waals surface area (Å²) >= 11 is 5.99. The molecular weight excluding hydrogens is 264 g/mol. The topological polar surface area (TPSA) is 55.2 Å². The van der Waals surface area contributed by atoms with Crippen molar-refractivity contribution in [2.75, 3.05) is 7.11 Å². The molecule has 0 atom stereocenters. The van der Waals surface area contributed by atoms with E-state index in [-0.39, 0.29) is 17.3 Å². The molecule has 0 bridgehead atoms. The minimum absolute atomic E-state index is 0.0919. The summed E-state index contributed by atoms with van der Waals surface area (Å²) in [5, 5.41) is 10.5. The second kappa shape index (κ2) is 4.94. The molecule has 1 aromatic carbocycles. The number of halogens is 1. The van der Waals surface area contributed by atoms with E-state index in [1.165, 1.54) is 0 Å². The first-order valence-electron chi connectivity index (χ1n) is 6.02. The van der Waals surface area contributed by atoms with Crippen LogP contribution in [0.2, 0.25) is 5.28 Å². The molecule has 2 rings (SSSR count). The zero-order valence-corrected chi connectivity index (χ0v) is 12.2. The average Bonchev–Trinajstić information content (AvgIpc) is 2.34. The van der Waals surface area contributed by atoms with Crippen LogP contribution in [0.1, 0.15) is 32.0 Å². The number of nitrogens with zero attached hydrogens (tertiary/aromatic N) is 2. The molecule has 2 aromatic rings. The minimum atomic E-state index is -0.161. The van der Waals surface area contributed by atoms with Gasteiger partial charge in [0.1, 0.15) is 5.75 Å². The highest BCUT2D eigenvalue weighted by Gasteiger charge is 2.21. The Hall–Kier alpha value is -1.39. The van der Waals surface area contributed by atoms with Gasteiger partial charge in [0, 0.05) is 22.4 Å². The summed E-state index contributed by atoms with van der Waals surface area (Å²) in [5.74, 6) is 0.602. The number of benzene rings is 1. The van der Waals surface area contributed by atoms with Crippen molar-refractivity contribution in [3.8, 4) is 5.75 Å². The summed E-state index contributed by atoms with van der Waals surface area (Å²) in [6.07, 6.45) is 0. The molecule has 1 heterocycles. The fraction of sp³-hybridized carbons (Fsp3) is 0.429. The van der Waals surface area contributed by atoms with Crippen LogP contribution in [0, 0.1) is 0 Å². The number of hydrogen-bond acceptors (Lipinski definition) is 4. The Balaban J connectivity index is 2.83. The molecule has 0 radical (unpaired) electrons. The molecule has 102 valence electrons. The zero-order chi connectivity index (χ0) is 14.2. The first-order chi connectivity index (χ1) is 8.86. The van der Waals surface area contributed by atoms with E-state index >= 15 is 0 Å². The van der Waals surface area contributed by atoms with Crippen LogP contribution in [0.4, 0.5) is 0 Å². The van der Waals surface area contributed by atoms with Crippen LogP contribution in [-0.4, -0.2) is 22.2 Å². The summed E-state index contributed by atoms with van der Waals surface area (Å²) in [7, 11) is 1.56. The molecule has 0 aliphatic rings. The third kappa shape index (κ3) is 2.65. The maximum Gasteiger partial charge on any atom is 0.223 e. The normalized spacial score (nSPS) is 11.9. The van der Waals surface area contributed by atoms with Gasteiger partial charge in [-0.2, -0.15) is 0 Å². The lowest BCUT2D eigenvalue weighted by Gasteiger charge is -2.20. The Morgan fingerprint density at radius 1 is 1.26 bits per heavy atom. The van der Waals surface area contributed by atoms with Crippen LogP contribution in [0.5, 0.6) is 5.75 Å². The van der Waals surface area contributed by atoms with E-state index in [9.17, 15) is 5.11 Å². The molecule has 0 amide bonds. The molecule has 1 aromatic heterocycles. The first-order valence-corrected chi connectivity index (χ1v) is 6.40. The van der Waals surface area contributed by atoms with Crippen LogP contribution in [0.25, 0.3) is 10.9 Å². The number of aliphatic hydroxyl groups is 1. The van der Waals surface area contributed by atoms with Crippen LogP contribution in [0.15, 0.2) is 12.1 Å². The number of fused-ring (bicyclic) bond motifs is 1. The molecule has 0 aliphatic carbocycles. The van der Waals surface area contributed by atoms with Gasteiger partial charge < -0.3 is 9.84 Å². The van der Waals surface area contributed by atoms with E-state index in [1.54, 1.807) is 13.2 Å². The fourth-order valence-electron chi connectivity index (χ4n) is 2.06. The summed E-state index contributed by atoms with van der Waals surface area (Å²) in [6.45, 7) is 6.10. The Kier molecular flexibility index (Phi) is 3.65. The number of rotatable bonds is 2. The Labute approximate surface area is 117 Å². The van der Waals surface area contributed by atoms with Crippen LogP contribution in [0.3, 0.4) is 0 Å². The van der Waals surface area contributed by atoms with Gasteiger partial charge in [0.2, 0.25) is 5.28 Å². The molecule has 0 unspecified atom stereocenters. The molecule has 0 saturated carbocycles. The van der Waals surface area contributed by atoms with Gasteiger partial charge in [0.25, 0.3) is 0 Å². The quantitative estimate of drug-likeness (QED) is 0.859. The highest BCUT2D eigenvalue weighted by molar-refractivity contribution is 6.28. The average molecular weight is 281 g/mol. The van der Waals surface area contributed by atoms with Crippen molar-refractivity contribution in [1.82, 2.24) is 9.97 Å². The van der Waals surface area contributed by atoms with Crippen LogP contribution >= 0.6 is 11.6 Å². The lowest BCUT2D eigenvalue weighted by Crippen LogP contribution is -2.15. The second-order valence-electron chi connectivity index (χ2n) is 5.43. The van der Waals surface area contributed by atoms with E-state index < -0.39 is 0 Å². The molecular formula is C14H17ClN2O2. The minimum Gasteiger partial charge on any atom is -0.496 e. The van der Waals surface area contributed by atoms with Crippen LogP contribution in [-0.2, 0) is 12.0 Å². The van der Waals surface area contributed by atoms with Crippen molar-refractivity contribution in [2.45, 2.75) is 32.8 Å². The van der Waals surface area contributed by atoms with Gasteiger partial charge in [0.15, 0.2) is 0 Å². The Morgan fingerprint density at radius 3 is 2.47 bits per heavy atom. The number of methoxy groups -OCH3 is 1. The van der Waals surface area contributed by atoms with E-state index in [4.69, 9.17) is 16.3 Å². The SMILES string of the molecule is COc1cc2nc(Cl)nc(C(C)(C)C)c2cc1CO. The van der Waals surface area contributed by atoms with Gasteiger partial charge in [-0.15, -0.1) is 0 Å². The maximum atomic E-state index is 9.41.